The van der Waals surface area contributed by atoms with Crippen LogP contribution in [0.5, 0.6) is 0 Å². The van der Waals surface area contributed by atoms with E-state index in [1.807, 2.05) is 18.2 Å². The molecule has 0 aliphatic carbocycles. The zero-order valence-corrected chi connectivity index (χ0v) is 13.5. The fraction of sp³-hybridized carbons (Fsp3) is 0.278. The molecule has 0 aliphatic rings. The van der Waals surface area contributed by atoms with Gasteiger partial charge < -0.3 is 5.32 Å². The summed E-state index contributed by atoms with van der Waals surface area (Å²) in [5.41, 5.74) is 3.91. The van der Waals surface area contributed by atoms with E-state index in [1.54, 1.807) is 11.8 Å². The first kappa shape index (κ1) is 15.5. The molecular weight excluding hydrogens is 276 g/mol. The van der Waals surface area contributed by atoms with E-state index >= 15 is 0 Å². The first-order valence-electron chi connectivity index (χ1n) is 7.18. The average Bonchev–Trinajstić information content (AvgIpc) is 2.48. The summed E-state index contributed by atoms with van der Waals surface area (Å²) in [5.74, 6) is 1.49. The van der Waals surface area contributed by atoms with Gasteiger partial charge in [-0.15, -0.1) is 11.8 Å². The number of hydrogen-bond donors (Lipinski definition) is 1. The van der Waals surface area contributed by atoms with E-state index in [2.05, 4.69) is 56.4 Å². The van der Waals surface area contributed by atoms with E-state index in [1.165, 1.54) is 5.56 Å². The Balaban J connectivity index is 2.27. The van der Waals surface area contributed by atoms with Gasteiger partial charge in [-0.05, 0) is 41.5 Å². The smallest absolute Gasteiger partial charge is 0.103 e. The van der Waals surface area contributed by atoms with Gasteiger partial charge in [0.15, 0.2) is 0 Å². The van der Waals surface area contributed by atoms with Crippen molar-refractivity contribution in [1.29, 1.82) is 5.26 Å². The normalized spacial score (nSPS) is 10.4. The van der Waals surface area contributed by atoms with Crippen LogP contribution in [0.25, 0.3) is 0 Å². The van der Waals surface area contributed by atoms with Gasteiger partial charge in [0.25, 0.3) is 0 Å². The molecule has 0 radical (unpaired) electrons. The van der Waals surface area contributed by atoms with Gasteiger partial charge in [0.05, 0.1) is 11.3 Å². The maximum absolute atomic E-state index is 9.42. The Morgan fingerprint density at radius 1 is 1.14 bits per heavy atom. The lowest BCUT2D eigenvalue weighted by atomic mass is 10.0. The van der Waals surface area contributed by atoms with Crippen molar-refractivity contribution >= 4 is 23.1 Å². The van der Waals surface area contributed by atoms with E-state index in [4.69, 9.17) is 0 Å². The summed E-state index contributed by atoms with van der Waals surface area (Å²) in [6.07, 6.45) is 0. The van der Waals surface area contributed by atoms with Crippen molar-refractivity contribution in [2.45, 2.75) is 31.6 Å². The minimum atomic E-state index is 0.526. The highest BCUT2D eigenvalue weighted by molar-refractivity contribution is 7.99. The van der Waals surface area contributed by atoms with Gasteiger partial charge in [-0.2, -0.15) is 5.26 Å². The SMILES string of the molecule is CCSc1cccc(Nc2ccc(C(C)C)cc2)c1C#N. The van der Waals surface area contributed by atoms with Crippen molar-refractivity contribution < 1.29 is 0 Å². The molecular formula is C18H20N2S. The average molecular weight is 296 g/mol. The predicted octanol–water partition coefficient (Wildman–Crippen LogP) is 5.54. The largest absolute Gasteiger partial charge is 0.354 e. The molecule has 2 nitrogen and oxygen atoms in total. The van der Waals surface area contributed by atoms with Crippen LogP contribution >= 0.6 is 11.8 Å². The molecule has 2 aromatic rings. The Kier molecular flexibility index (Phi) is 5.30. The number of rotatable bonds is 5. The second kappa shape index (κ2) is 7.19. The zero-order valence-electron chi connectivity index (χ0n) is 12.7. The van der Waals surface area contributed by atoms with Gasteiger partial charge in [-0.25, -0.2) is 0 Å². The van der Waals surface area contributed by atoms with Gasteiger partial charge >= 0.3 is 0 Å². The van der Waals surface area contributed by atoms with Crippen LogP contribution in [0.15, 0.2) is 47.4 Å². The van der Waals surface area contributed by atoms with E-state index in [-0.39, 0.29) is 0 Å². The molecule has 108 valence electrons. The molecule has 0 heterocycles. The third kappa shape index (κ3) is 3.80. The highest BCUT2D eigenvalue weighted by atomic mass is 32.2. The van der Waals surface area contributed by atoms with E-state index in [0.717, 1.165) is 27.6 Å². The molecule has 0 saturated heterocycles. The molecule has 0 amide bonds. The third-order valence-corrected chi connectivity index (χ3v) is 4.23. The summed E-state index contributed by atoms with van der Waals surface area (Å²) in [7, 11) is 0. The van der Waals surface area contributed by atoms with Crippen molar-refractivity contribution in [2.75, 3.05) is 11.1 Å². The van der Waals surface area contributed by atoms with Crippen LogP contribution in [0.3, 0.4) is 0 Å². The molecule has 2 rings (SSSR count). The number of benzene rings is 2. The van der Waals surface area contributed by atoms with Crippen molar-refractivity contribution in [3.05, 3.63) is 53.6 Å². The molecule has 0 bridgehead atoms. The maximum Gasteiger partial charge on any atom is 0.103 e. The monoisotopic (exact) mass is 296 g/mol. The Morgan fingerprint density at radius 3 is 2.43 bits per heavy atom. The molecule has 0 unspecified atom stereocenters. The molecule has 0 fully saturated rings. The Hall–Kier alpha value is -1.92. The van der Waals surface area contributed by atoms with Crippen LogP contribution < -0.4 is 5.32 Å². The van der Waals surface area contributed by atoms with E-state index < -0.39 is 0 Å². The minimum absolute atomic E-state index is 0.526. The van der Waals surface area contributed by atoms with Gasteiger partial charge in [0, 0.05) is 10.6 Å². The van der Waals surface area contributed by atoms with Crippen LogP contribution in [0.2, 0.25) is 0 Å². The molecule has 21 heavy (non-hydrogen) atoms. The number of thioether (sulfide) groups is 1. The molecule has 2 aromatic carbocycles. The van der Waals surface area contributed by atoms with Gasteiger partial charge in [0.1, 0.15) is 6.07 Å². The standard InChI is InChI=1S/C18H20N2S/c1-4-21-18-7-5-6-17(16(18)12-19)20-15-10-8-14(9-11-15)13(2)3/h5-11,13,20H,4H2,1-3H3. The molecule has 0 atom stereocenters. The van der Waals surface area contributed by atoms with Gasteiger partial charge in [-0.1, -0.05) is 39.0 Å². The quantitative estimate of drug-likeness (QED) is 0.736. The van der Waals surface area contributed by atoms with Crippen LogP contribution in [-0.2, 0) is 0 Å². The number of nitrogens with one attached hydrogen (secondary N) is 1. The van der Waals surface area contributed by atoms with Gasteiger partial charge in [0.2, 0.25) is 0 Å². The lowest BCUT2D eigenvalue weighted by Gasteiger charge is -2.12. The Bertz CT molecular complexity index is 639. The first-order chi connectivity index (χ1) is 10.2. The minimum Gasteiger partial charge on any atom is -0.354 e. The van der Waals surface area contributed by atoms with Gasteiger partial charge in [-0.3, -0.25) is 0 Å². The molecule has 1 N–H and O–H groups in total. The predicted molar refractivity (Wildman–Crippen MR) is 91.4 cm³/mol. The summed E-state index contributed by atoms with van der Waals surface area (Å²) < 4.78 is 0. The number of anilines is 2. The van der Waals surface area contributed by atoms with Crippen molar-refractivity contribution in [3.63, 3.8) is 0 Å². The van der Waals surface area contributed by atoms with Crippen LogP contribution in [0, 0.1) is 11.3 Å². The van der Waals surface area contributed by atoms with Crippen LogP contribution in [0.1, 0.15) is 37.8 Å². The first-order valence-corrected chi connectivity index (χ1v) is 8.17. The highest BCUT2D eigenvalue weighted by Gasteiger charge is 2.08. The molecule has 0 saturated carbocycles. The molecule has 3 heteroatoms. The fourth-order valence-corrected chi connectivity index (χ4v) is 2.92. The van der Waals surface area contributed by atoms with E-state index in [0.29, 0.717) is 5.92 Å². The number of nitriles is 1. The summed E-state index contributed by atoms with van der Waals surface area (Å²) >= 11 is 1.70. The maximum atomic E-state index is 9.42. The Labute approximate surface area is 131 Å². The lowest BCUT2D eigenvalue weighted by molar-refractivity contribution is 0.867. The summed E-state index contributed by atoms with van der Waals surface area (Å²) in [5, 5.41) is 12.8. The summed E-state index contributed by atoms with van der Waals surface area (Å²) in [4.78, 5) is 1.03. The zero-order chi connectivity index (χ0) is 15.2. The number of hydrogen-bond acceptors (Lipinski definition) is 3. The van der Waals surface area contributed by atoms with Crippen LogP contribution in [-0.4, -0.2) is 5.75 Å². The molecule has 0 aromatic heterocycles. The molecule has 0 spiro atoms. The summed E-state index contributed by atoms with van der Waals surface area (Å²) in [6.45, 7) is 6.46. The molecule has 0 aliphatic heterocycles. The van der Waals surface area contributed by atoms with E-state index in [9.17, 15) is 5.26 Å². The van der Waals surface area contributed by atoms with Crippen molar-refractivity contribution in [1.82, 2.24) is 0 Å². The summed E-state index contributed by atoms with van der Waals surface area (Å²) in [6, 6.07) is 16.6. The second-order valence-electron chi connectivity index (χ2n) is 5.13. The topological polar surface area (TPSA) is 35.8 Å². The van der Waals surface area contributed by atoms with Crippen molar-refractivity contribution in [3.8, 4) is 6.07 Å². The third-order valence-electron chi connectivity index (χ3n) is 3.29. The highest BCUT2D eigenvalue weighted by Crippen LogP contribution is 2.30. The second-order valence-corrected chi connectivity index (χ2v) is 6.43. The number of nitrogens with zero attached hydrogens (tertiary/aromatic N) is 1. The lowest BCUT2D eigenvalue weighted by Crippen LogP contribution is -1.96. The van der Waals surface area contributed by atoms with Crippen molar-refractivity contribution in [2.24, 2.45) is 0 Å². The van der Waals surface area contributed by atoms with Crippen LogP contribution in [0.4, 0.5) is 11.4 Å². The Morgan fingerprint density at radius 2 is 1.86 bits per heavy atom. The fourth-order valence-electron chi connectivity index (χ4n) is 2.13.